The summed E-state index contributed by atoms with van der Waals surface area (Å²) >= 11 is 0. The SMILES string of the molecule is FC(F)F.O=C(c1ccccc1)c1ccccc1.OC(c1ccccc1)(c1ccccc1)C(F)(F)F.[K+].[OH-]. The van der Waals surface area contributed by atoms with Crippen LogP contribution in [0.5, 0.6) is 0 Å². The van der Waals surface area contributed by atoms with Gasteiger partial charge < -0.3 is 10.6 Å². The molecule has 0 saturated heterocycles. The van der Waals surface area contributed by atoms with Gasteiger partial charge in [-0.05, 0) is 11.1 Å². The maximum Gasteiger partial charge on any atom is 1.00 e. The van der Waals surface area contributed by atoms with Crippen molar-refractivity contribution in [3.63, 3.8) is 0 Å². The van der Waals surface area contributed by atoms with Crippen LogP contribution in [0, 0.1) is 0 Å². The standard InChI is InChI=1S/C14H11F3O.C13H10O.CHF3.K.H2O/c15-14(16,17)13(18,11-7-3-1-4-8-11)12-9-5-2-6-10-12;14-13(11-7-3-1-4-8-11)12-9-5-2-6-10-12;2-1(3)4;;/h1-10,18H;1-10H;1H;;1H2/q;;;+1;/p-1. The Morgan fingerprint density at radius 2 is 0.816 bits per heavy atom. The molecule has 0 radical (unpaired) electrons. The maximum absolute atomic E-state index is 13.2. The van der Waals surface area contributed by atoms with Crippen molar-refractivity contribution in [2.45, 2.75) is 18.5 Å². The Balaban J connectivity index is 0.000000615. The summed E-state index contributed by atoms with van der Waals surface area (Å²) < 4.78 is 68.7. The normalized spacial score (nSPS) is 10.4. The molecule has 2 N–H and O–H groups in total. The molecule has 0 unspecified atom stereocenters. The Kier molecular flexibility index (Phi) is 16.3. The number of hydrogen-bond donors (Lipinski definition) is 1. The minimum atomic E-state index is -4.78. The molecule has 3 nitrogen and oxygen atoms in total. The third-order valence-corrected chi connectivity index (χ3v) is 4.87. The van der Waals surface area contributed by atoms with Gasteiger partial charge in [0, 0.05) is 11.1 Å². The second-order valence-corrected chi connectivity index (χ2v) is 7.25. The molecular weight excluding hydrogens is 537 g/mol. The molecule has 4 rings (SSSR count). The van der Waals surface area contributed by atoms with Crippen LogP contribution in [0.4, 0.5) is 26.3 Å². The first-order valence-electron chi connectivity index (χ1n) is 10.5. The molecule has 196 valence electrons. The van der Waals surface area contributed by atoms with Crippen LogP contribution in [0.1, 0.15) is 27.0 Å². The van der Waals surface area contributed by atoms with Gasteiger partial charge in [0.2, 0.25) is 5.60 Å². The van der Waals surface area contributed by atoms with Gasteiger partial charge in [0.05, 0.1) is 0 Å². The van der Waals surface area contributed by atoms with Crippen molar-refractivity contribution >= 4 is 5.78 Å². The van der Waals surface area contributed by atoms with E-state index < -0.39 is 18.5 Å². The summed E-state index contributed by atoms with van der Waals surface area (Å²) in [4.78, 5) is 11.8. The van der Waals surface area contributed by atoms with Crippen LogP contribution in [0.15, 0.2) is 121 Å². The summed E-state index contributed by atoms with van der Waals surface area (Å²) in [6.45, 7) is -3.67. The smallest absolute Gasteiger partial charge is 0.870 e. The van der Waals surface area contributed by atoms with Gasteiger partial charge in [0.15, 0.2) is 5.78 Å². The van der Waals surface area contributed by atoms with Gasteiger partial charge in [0.1, 0.15) is 0 Å². The third kappa shape index (κ3) is 10.4. The Labute approximate surface area is 258 Å². The molecule has 4 aromatic carbocycles. The van der Waals surface area contributed by atoms with Crippen LogP contribution < -0.4 is 51.4 Å². The number of rotatable bonds is 4. The van der Waals surface area contributed by atoms with Gasteiger partial charge in [-0.25, -0.2) is 0 Å². The fourth-order valence-corrected chi connectivity index (χ4v) is 3.20. The minimum Gasteiger partial charge on any atom is -0.870 e. The molecule has 0 bridgehead atoms. The van der Waals surface area contributed by atoms with Crippen molar-refractivity contribution in [3.05, 3.63) is 144 Å². The number of hydrogen-bond acceptors (Lipinski definition) is 3. The van der Waals surface area contributed by atoms with E-state index in [1.807, 2.05) is 60.7 Å². The molecule has 0 aliphatic carbocycles. The maximum atomic E-state index is 13.2. The number of alkyl halides is 6. The number of benzene rings is 4. The van der Waals surface area contributed by atoms with Crippen molar-refractivity contribution in [1.82, 2.24) is 0 Å². The molecule has 0 fully saturated rings. The molecule has 0 saturated carbocycles. The second-order valence-electron chi connectivity index (χ2n) is 7.25. The Morgan fingerprint density at radius 3 is 1.05 bits per heavy atom. The summed E-state index contributed by atoms with van der Waals surface area (Å²) in [7, 11) is 0. The van der Waals surface area contributed by atoms with Gasteiger partial charge >= 0.3 is 64.2 Å². The first-order chi connectivity index (χ1) is 17.1. The molecule has 0 spiro atoms. The minimum absolute atomic E-state index is 0. The molecule has 0 aliphatic rings. The zero-order valence-electron chi connectivity index (χ0n) is 20.2. The van der Waals surface area contributed by atoms with E-state index in [2.05, 4.69) is 0 Å². The summed E-state index contributed by atoms with van der Waals surface area (Å²) in [5, 5.41) is 10.2. The Morgan fingerprint density at radius 1 is 0.579 bits per heavy atom. The molecular formula is C28H23F6KO3. The molecule has 0 aliphatic heterocycles. The first-order valence-corrected chi connectivity index (χ1v) is 10.5. The fourth-order valence-electron chi connectivity index (χ4n) is 3.20. The Bertz CT molecular complexity index is 1090. The zero-order valence-corrected chi connectivity index (χ0v) is 23.3. The quantitative estimate of drug-likeness (QED) is 0.229. The van der Waals surface area contributed by atoms with E-state index in [4.69, 9.17) is 0 Å². The molecule has 0 heterocycles. The summed E-state index contributed by atoms with van der Waals surface area (Å²) in [5.41, 5.74) is -1.89. The largest absolute Gasteiger partial charge is 1.00 e. The topological polar surface area (TPSA) is 67.3 Å². The molecule has 0 atom stereocenters. The number of carbonyl (C=O) groups is 1. The van der Waals surface area contributed by atoms with Crippen LogP contribution in [0.3, 0.4) is 0 Å². The van der Waals surface area contributed by atoms with Gasteiger partial charge in [-0.15, -0.1) is 0 Å². The van der Waals surface area contributed by atoms with Crippen LogP contribution in [-0.4, -0.2) is 29.2 Å². The van der Waals surface area contributed by atoms with E-state index in [0.29, 0.717) is 0 Å². The zero-order chi connectivity index (χ0) is 26.6. The molecule has 4 aromatic rings. The monoisotopic (exact) mass is 560 g/mol. The van der Waals surface area contributed by atoms with Gasteiger partial charge in [-0.2, -0.15) is 26.3 Å². The number of aliphatic hydroxyl groups is 1. The average Bonchev–Trinajstić information content (AvgIpc) is 2.89. The van der Waals surface area contributed by atoms with E-state index in [1.54, 1.807) is 12.1 Å². The van der Waals surface area contributed by atoms with Crippen molar-refractivity contribution in [3.8, 4) is 0 Å². The molecule has 0 aromatic heterocycles. The van der Waals surface area contributed by atoms with Gasteiger partial charge in [0.25, 0.3) is 0 Å². The predicted molar refractivity (Wildman–Crippen MR) is 127 cm³/mol. The molecule has 38 heavy (non-hydrogen) atoms. The van der Waals surface area contributed by atoms with Crippen LogP contribution in [0.2, 0.25) is 0 Å². The van der Waals surface area contributed by atoms with Gasteiger partial charge in [-0.3, -0.25) is 4.79 Å². The summed E-state index contributed by atoms with van der Waals surface area (Å²) in [5.74, 6) is 0.0752. The van der Waals surface area contributed by atoms with E-state index in [1.165, 1.54) is 48.5 Å². The summed E-state index contributed by atoms with van der Waals surface area (Å²) in [6, 6.07) is 32.7. The number of carbonyl (C=O) groups excluding carboxylic acids is 1. The summed E-state index contributed by atoms with van der Waals surface area (Å²) in [6.07, 6.45) is -4.78. The van der Waals surface area contributed by atoms with E-state index in [-0.39, 0.29) is 73.8 Å². The fraction of sp³-hybridized carbons (Fsp3) is 0.107. The van der Waals surface area contributed by atoms with E-state index >= 15 is 0 Å². The second kappa shape index (κ2) is 17.3. The third-order valence-electron chi connectivity index (χ3n) is 4.87. The van der Waals surface area contributed by atoms with Crippen molar-refractivity contribution in [1.29, 1.82) is 0 Å². The van der Waals surface area contributed by atoms with E-state index in [0.717, 1.165) is 11.1 Å². The number of ketones is 1. The van der Waals surface area contributed by atoms with Crippen LogP contribution >= 0.6 is 0 Å². The van der Waals surface area contributed by atoms with Gasteiger partial charge in [-0.1, -0.05) is 121 Å². The first kappa shape index (κ1) is 35.7. The Hall–Kier alpha value is -2.31. The van der Waals surface area contributed by atoms with Crippen molar-refractivity contribution in [2.75, 3.05) is 0 Å². The van der Waals surface area contributed by atoms with Crippen LogP contribution in [-0.2, 0) is 5.60 Å². The molecule has 10 heteroatoms. The van der Waals surface area contributed by atoms with E-state index in [9.17, 15) is 36.2 Å². The number of halogens is 6. The molecule has 0 amide bonds. The average molecular weight is 561 g/mol. The van der Waals surface area contributed by atoms with Crippen LogP contribution in [0.25, 0.3) is 0 Å². The predicted octanol–water partition coefficient (Wildman–Crippen LogP) is 4.41. The van der Waals surface area contributed by atoms with Crippen molar-refractivity contribution in [2.24, 2.45) is 0 Å². The van der Waals surface area contributed by atoms with Crippen molar-refractivity contribution < 1.29 is 93.1 Å².